The smallest absolute Gasteiger partial charge is 0.233 e. The fraction of sp³-hybridized carbons (Fsp3) is 0.375. The Balaban J connectivity index is 1.68. The Bertz CT molecular complexity index is 759. The van der Waals surface area contributed by atoms with Gasteiger partial charge >= 0.3 is 0 Å². The molecule has 2 aromatic rings. The SMILES string of the molecule is CC(C)C(=O)Nc1nc(CC(=O)N2CCOc3ccncc32)cs1. The lowest BCUT2D eigenvalue weighted by Crippen LogP contribution is -2.39. The first-order chi connectivity index (χ1) is 11.5. The zero-order valence-electron chi connectivity index (χ0n) is 13.5. The van der Waals surface area contributed by atoms with E-state index in [0.29, 0.717) is 35.4 Å². The lowest BCUT2D eigenvalue weighted by Gasteiger charge is -2.28. The quantitative estimate of drug-likeness (QED) is 0.916. The highest BCUT2D eigenvalue weighted by molar-refractivity contribution is 7.13. The number of fused-ring (bicyclic) bond motifs is 1. The molecule has 0 aromatic carbocycles. The Hall–Kier alpha value is -2.48. The van der Waals surface area contributed by atoms with Crippen molar-refractivity contribution in [3.05, 3.63) is 29.5 Å². The van der Waals surface area contributed by atoms with E-state index in [1.54, 1.807) is 28.7 Å². The number of ether oxygens (including phenoxy) is 1. The summed E-state index contributed by atoms with van der Waals surface area (Å²) >= 11 is 1.32. The minimum atomic E-state index is -0.115. The maximum absolute atomic E-state index is 12.6. The molecule has 126 valence electrons. The number of nitrogens with one attached hydrogen (secondary N) is 1. The van der Waals surface area contributed by atoms with Crippen LogP contribution in [0.4, 0.5) is 10.8 Å². The standard InChI is InChI=1S/C16H18N4O3S/c1-10(2)15(22)19-16-18-11(9-24-16)7-14(21)20-5-6-23-13-3-4-17-8-12(13)20/h3-4,8-10H,5-7H2,1-2H3,(H,18,19,22). The Morgan fingerprint density at radius 3 is 3.08 bits per heavy atom. The first-order valence-electron chi connectivity index (χ1n) is 7.67. The monoisotopic (exact) mass is 346 g/mol. The molecule has 0 bridgehead atoms. The van der Waals surface area contributed by atoms with Crippen LogP contribution in [0, 0.1) is 5.92 Å². The van der Waals surface area contributed by atoms with Crippen LogP contribution < -0.4 is 15.0 Å². The second kappa shape index (κ2) is 6.96. The van der Waals surface area contributed by atoms with Gasteiger partial charge in [0.25, 0.3) is 0 Å². The first-order valence-corrected chi connectivity index (χ1v) is 8.55. The molecule has 24 heavy (non-hydrogen) atoms. The van der Waals surface area contributed by atoms with Crippen molar-refractivity contribution in [3.8, 4) is 5.75 Å². The molecule has 1 aliphatic rings. The third-order valence-electron chi connectivity index (χ3n) is 3.56. The molecular weight excluding hydrogens is 328 g/mol. The molecule has 0 spiro atoms. The van der Waals surface area contributed by atoms with Crippen LogP contribution in [-0.2, 0) is 16.0 Å². The highest BCUT2D eigenvalue weighted by Crippen LogP contribution is 2.30. The van der Waals surface area contributed by atoms with Gasteiger partial charge in [0.15, 0.2) is 5.13 Å². The molecule has 2 aromatic heterocycles. The van der Waals surface area contributed by atoms with Gasteiger partial charge in [-0.2, -0.15) is 0 Å². The van der Waals surface area contributed by atoms with Crippen molar-refractivity contribution in [2.75, 3.05) is 23.4 Å². The molecule has 7 nitrogen and oxygen atoms in total. The molecule has 8 heteroatoms. The van der Waals surface area contributed by atoms with Crippen LogP contribution >= 0.6 is 11.3 Å². The van der Waals surface area contributed by atoms with Crippen molar-refractivity contribution >= 4 is 34.0 Å². The molecule has 0 atom stereocenters. The maximum Gasteiger partial charge on any atom is 0.233 e. The number of carbonyl (C=O) groups excluding carboxylic acids is 2. The Kier molecular flexibility index (Phi) is 4.75. The molecule has 1 N–H and O–H groups in total. The molecule has 0 unspecified atom stereocenters. The lowest BCUT2D eigenvalue weighted by molar-refractivity contribution is -0.119. The van der Waals surface area contributed by atoms with Crippen LogP contribution in [0.2, 0.25) is 0 Å². The predicted octanol–water partition coefficient (Wildman–Crippen LogP) is 2.10. The number of amides is 2. The van der Waals surface area contributed by atoms with Crippen LogP contribution in [0.3, 0.4) is 0 Å². The van der Waals surface area contributed by atoms with E-state index in [2.05, 4.69) is 15.3 Å². The van der Waals surface area contributed by atoms with E-state index >= 15 is 0 Å². The van der Waals surface area contributed by atoms with Gasteiger partial charge in [-0.15, -0.1) is 11.3 Å². The normalized spacial score (nSPS) is 13.4. The van der Waals surface area contributed by atoms with E-state index in [1.807, 2.05) is 13.8 Å². The summed E-state index contributed by atoms with van der Waals surface area (Å²) in [6.45, 7) is 4.57. The third kappa shape index (κ3) is 3.53. The van der Waals surface area contributed by atoms with Crippen LogP contribution in [0.25, 0.3) is 0 Å². The summed E-state index contributed by atoms with van der Waals surface area (Å²) in [7, 11) is 0. The van der Waals surface area contributed by atoms with Crippen molar-refractivity contribution in [1.82, 2.24) is 9.97 Å². The van der Waals surface area contributed by atoms with Gasteiger partial charge in [0, 0.05) is 23.6 Å². The molecule has 0 saturated heterocycles. The fourth-order valence-electron chi connectivity index (χ4n) is 2.27. The molecule has 3 rings (SSSR count). The number of hydrogen-bond donors (Lipinski definition) is 1. The van der Waals surface area contributed by atoms with Crippen molar-refractivity contribution in [3.63, 3.8) is 0 Å². The van der Waals surface area contributed by atoms with E-state index in [9.17, 15) is 9.59 Å². The van der Waals surface area contributed by atoms with Crippen molar-refractivity contribution in [1.29, 1.82) is 0 Å². The predicted molar refractivity (Wildman–Crippen MR) is 91.4 cm³/mol. The molecule has 3 heterocycles. The fourth-order valence-corrected chi connectivity index (χ4v) is 2.98. The van der Waals surface area contributed by atoms with Gasteiger partial charge in [-0.05, 0) is 0 Å². The van der Waals surface area contributed by atoms with E-state index in [-0.39, 0.29) is 24.2 Å². The molecule has 0 radical (unpaired) electrons. The largest absolute Gasteiger partial charge is 0.489 e. The summed E-state index contributed by atoms with van der Waals surface area (Å²) in [5.74, 6) is 0.388. The maximum atomic E-state index is 12.6. The summed E-state index contributed by atoms with van der Waals surface area (Å²) in [6, 6.07) is 1.75. The molecule has 0 saturated carbocycles. The molecule has 0 fully saturated rings. The van der Waals surface area contributed by atoms with Gasteiger partial charge in [0.05, 0.1) is 24.9 Å². The number of aromatic nitrogens is 2. The number of nitrogens with zero attached hydrogens (tertiary/aromatic N) is 3. The number of hydrogen-bond acceptors (Lipinski definition) is 6. The lowest BCUT2D eigenvalue weighted by atomic mass is 10.2. The summed E-state index contributed by atoms with van der Waals surface area (Å²) in [5.41, 5.74) is 1.32. The Morgan fingerprint density at radius 1 is 1.46 bits per heavy atom. The minimum absolute atomic E-state index is 0.0698. The van der Waals surface area contributed by atoms with Crippen LogP contribution in [0.5, 0.6) is 5.75 Å². The van der Waals surface area contributed by atoms with Gasteiger partial charge in [-0.25, -0.2) is 4.98 Å². The number of rotatable bonds is 4. The van der Waals surface area contributed by atoms with Crippen LogP contribution in [-0.4, -0.2) is 34.9 Å². The zero-order chi connectivity index (χ0) is 17.1. The second-order valence-corrected chi connectivity index (χ2v) is 6.56. The van der Waals surface area contributed by atoms with E-state index in [1.165, 1.54) is 11.3 Å². The zero-order valence-corrected chi connectivity index (χ0v) is 14.3. The highest BCUT2D eigenvalue weighted by Gasteiger charge is 2.24. The summed E-state index contributed by atoms with van der Waals surface area (Å²) in [5, 5.41) is 5.05. The van der Waals surface area contributed by atoms with Crippen molar-refractivity contribution < 1.29 is 14.3 Å². The summed E-state index contributed by atoms with van der Waals surface area (Å²) < 4.78 is 5.53. The van der Waals surface area contributed by atoms with Gasteiger partial charge < -0.3 is 15.0 Å². The number of thiazole rings is 1. The van der Waals surface area contributed by atoms with E-state index in [0.717, 1.165) is 0 Å². The van der Waals surface area contributed by atoms with Crippen molar-refractivity contribution in [2.24, 2.45) is 5.92 Å². The average Bonchev–Trinajstić information content (AvgIpc) is 3.01. The number of anilines is 2. The van der Waals surface area contributed by atoms with Gasteiger partial charge in [0.2, 0.25) is 11.8 Å². The summed E-state index contributed by atoms with van der Waals surface area (Å²) in [4.78, 5) is 34.3. The molecule has 1 aliphatic heterocycles. The molecule has 0 aliphatic carbocycles. The van der Waals surface area contributed by atoms with E-state index in [4.69, 9.17) is 4.74 Å². The topological polar surface area (TPSA) is 84.4 Å². The van der Waals surface area contributed by atoms with Gasteiger partial charge in [-0.3, -0.25) is 14.6 Å². The first kappa shape index (κ1) is 16.4. The summed E-state index contributed by atoms with van der Waals surface area (Å²) in [6.07, 6.45) is 3.43. The van der Waals surface area contributed by atoms with Gasteiger partial charge in [0.1, 0.15) is 18.0 Å². The van der Waals surface area contributed by atoms with Crippen LogP contribution in [0.1, 0.15) is 19.5 Å². The average molecular weight is 346 g/mol. The minimum Gasteiger partial charge on any atom is -0.489 e. The third-order valence-corrected chi connectivity index (χ3v) is 4.37. The highest BCUT2D eigenvalue weighted by atomic mass is 32.1. The second-order valence-electron chi connectivity index (χ2n) is 5.70. The van der Waals surface area contributed by atoms with E-state index < -0.39 is 0 Å². The molecular formula is C16H18N4O3S. The van der Waals surface area contributed by atoms with Crippen LogP contribution in [0.15, 0.2) is 23.8 Å². The Labute approximate surface area is 143 Å². The van der Waals surface area contributed by atoms with Crippen molar-refractivity contribution in [2.45, 2.75) is 20.3 Å². The van der Waals surface area contributed by atoms with Gasteiger partial charge in [-0.1, -0.05) is 13.8 Å². The molecule has 2 amide bonds. The number of pyridine rings is 1. The Morgan fingerprint density at radius 2 is 2.29 bits per heavy atom. The number of carbonyl (C=O) groups is 2.